The second-order valence-electron chi connectivity index (χ2n) is 4.21. The Bertz CT molecular complexity index is 576. The van der Waals surface area contributed by atoms with Gasteiger partial charge in [0.15, 0.2) is 0 Å². The van der Waals surface area contributed by atoms with Gasteiger partial charge in [-0.3, -0.25) is 0 Å². The van der Waals surface area contributed by atoms with Crippen molar-refractivity contribution in [3.05, 3.63) is 71.9 Å². The summed E-state index contributed by atoms with van der Waals surface area (Å²) >= 11 is 0. The monoisotopic (exact) mass is 252 g/mol. The molecule has 3 heteroatoms. The van der Waals surface area contributed by atoms with E-state index in [1.54, 1.807) is 6.20 Å². The summed E-state index contributed by atoms with van der Waals surface area (Å²) in [5.41, 5.74) is 3.01. The van der Waals surface area contributed by atoms with Gasteiger partial charge in [0.25, 0.3) is 0 Å². The van der Waals surface area contributed by atoms with Gasteiger partial charge in [-0.15, -0.1) is 0 Å². The minimum Gasteiger partial charge on any atom is -0.314 e. The zero-order chi connectivity index (χ0) is 13.5. The van der Waals surface area contributed by atoms with E-state index in [-0.39, 0.29) is 6.03 Å². The largest absolute Gasteiger partial charge is 0.323 e. The molecule has 2 amide bonds. The van der Waals surface area contributed by atoms with Crippen molar-refractivity contribution in [2.45, 2.75) is 6.92 Å². The fourth-order valence-corrected chi connectivity index (χ4v) is 1.68. The van der Waals surface area contributed by atoms with E-state index < -0.39 is 0 Å². The topological polar surface area (TPSA) is 41.1 Å². The van der Waals surface area contributed by atoms with Crippen LogP contribution in [-0.2, 0) is 0 Å². The Kier molecular flexibility index (Phi) is 4.34. The van der Waals surface area contributed by atoms with Crippen LogP contribution in [0.4, 0.5) is 10.5 Å². The first-order valence-electron chi connectivity index (χ1n) is 6.10. The van der Waals surface area contributed by atoms with Gasteiger partial charge in [-0.1, -0.05) is 48.0 Å². The number of urea groups is 1. The molecule has 19 heavy (non-hydrogen) atoms. The van der Waals surface area contributed by atoms with Gasteiger partial charge in [0.1, 0.15) is 0 Å². The Balaban J connectivity index is 1.87. The van der Waals surface area contributed by atoms with Crippen molar-refractivity contribution in [1.29, 1.82) is 0 Å². The first kappa shape index (κ1) is 12.9. The zero-order valence-electron chi connectivity index (χ0n) is 10.8. The van der Waals surface area contributed by atoms with Crippen molar-refractivity contribution >= 4 is 17.8 Å². The van der Waals surface area contributed by atoms with Crippen LogP contribution >= 0.6 is 0 Å². The Morgan fingerprint density at radius 2 is 1.84 bits per heavy atom. The number of benzene rings is 2. The lowest BCUT2D eigenvalue weighted by Gasteiger charge is -2.03. The van der Waals surface area contributed by atoms with E-state index in [1.165, 1.54) is 5.56 Å². The third-order valence-corrected chi connectivity index (χ3v) is 2.56. The Morgan fingerprint density at radius 1 is 1.05 bits per heavy atom. The van der Waals surface area contributed by atoms with Gasteiger partial charge in [-0.2, -0.15) is 0 Å². The third-order valence-electron chi connectivity index (χ3n) is 2.56. The highest BCUT2D eigenvalue weighted by Crippen LogP contribution is 2.06. The number of aryl methyl sites for hydroxylation is 1. The maximum absolute atomic E-state index is 11.6. The fourth-order valence-electron chi connectivity index (χ4n) is 1.68. The molecule has 0 spiro atoms. The maximum Gasteiger partial charge on any atom is 0.323 e. The fraction of sp³-hybridized carbons (Fsp3) is 0.0625. The molecule has 0 saturated carbocycles. The molecule has 0 unspecified atom stereocenters. The van der Waals surface area contributed by atoms with Gasteiger partial charge in [-0.05, 0) is 30.7 Å². The smallest absolute Gasteiger partial charge is 0.314 e. The van der Waals surface area contributed by atoms with Crippen molar-refractivity contribution in [2.24, 2.45) is 0 Å². The van der Waals surface area contributed by atoms with Crippen LogP contribution in [0.3, 0.4) is 0 Å². The lowest BCUT2D eigenvalue weighted by atomic mass is 10.1. The number of nitrogens with one attached hydrogen (secondary N) is 2. The Labute approximate surface area is 113 Å². The van der Waals surface area contributed by atoms with Crippen LogP contribution in [0.2, 0.25) is 0 Å². The summed E-state index contributed by atoms with van der Waals surface area (Å²) in [6.07, 6.45) is 3.49. The molecule has 0 aliphatic carbocycles. The summed E-state index contributed by atoms with van der Waals surface area (Å²) in [4.78, 5) is 11.6. The Hall–Kier alpha value is -2.55. The number of rotatable bonds is 3. The zero-order valence-corrected chi connectivity index (χ0v) is 10.8. The molecule has 0 fully saturated rings. The van der Waals surface area contributed by atoms with Gasteiger partial charge in [0.05, 0.1) is 0 Å². The maximum atomic E-state index is 11.6. The van der Waals surface area contributed by atoms with E-state index in [9.17, 15) is 4.79 Å². The number of para-hydroxylation sites is 1. The van der Waals surface area contributed by atoms with Crippen LogP contribution in [0.25, 0.3) is 6.08 Å². The van der Waals surface area contributed by atoms with Crippen molar-refractivity contribution in [3.8, 4) is 0 Å². The molecular weight excluding hydrogens is 236 g/mol. The van der Waals surface area contributed by atoms with Crippen LogP contribution in [0.5, 0.6) is 0 Å². The normalized spacial score (nSPS) is 10.4. The SMILES string of the molecule is Cc1cccc(/C=C/NC(=O)Nc2ccccc2)c1. The van der Waals surface area contributed by atoms with Crippen molar-refractivity contribution in [2.75, 3.05) is 5.32 Å². The molecule has 96 valence electrons. The van der Waals surface area contributed by atoms with Gasteiger partial charge in [0, 0.05) is 11.9 Å². The summed E-state index contributed by atoms with van der Waals surface area (Å²) < 4.78 is 0. The minimum atomic E-state index is -0.255. The summed E-state index contributed by atoms with van der Waals surface area (Å²) in [5, 5.41) is 5.41. The van der Waals surface area contributed by atoms with Crippen molar-refractivity contribution < 1.29 is 4.79 Å². The molecule has 3 nitrogen and oxygen atoms in total. The van der Waals surface area contributed by atoms with Crippen LogP contribution in [0.15, 0.2) is 60.8 Å². The summed E-state index contributed by atoms with van der Waals surface area (Å²) in [7, 11) is 0. The second kappa shape index (κ2) is 6.40. The highest BCUT2D eigenvalue weighted by Gasteiger charge is 1.97. The van der Waals surface area contributed by atoms with E-state index in [0.29, 0.717) is 0 Å². The predicted octanol–water partition coefficient (Wildman–Crippen LogP) is 3.79. The minimum absolute atomic E-state index is 0.255. The van der Waals surface area contributed by atoms with Gasteiger partial charge >= 0.3 is 6.03 Å². The molecule has 0 heterocycles. The van der Waals surface area contributed by atoms with Crippen LogP contribution < -0.4 is 10.6 Å². The average molecular weight is 252 g/mol. The number of carbonyl (C=O) groups excluding carboxylic acids is 1. The van der Waals surface area contributed by atoms with Gasteiger partial charge in [0.2, 0.25) is 0 Å². The second-order valence-corrected chi connectivity index (χ2v) is 4.21. The van der Waals surface area contributed by atoms with E-state index in [1.807, 2.05) is 67.6 Å². The quantitative estimate of drug-likeness (QED) is 0.857. The summed E-state index contributed by atoms with van der Waals surface area (Å²) in [5.74, 6) is 0. The van der Waals surface area contributed by atoms with E-state index in [4.69, 9.17) is 0 Å². The average Bonchev–Trinajstić information content (AvgIpc) is 2.40. The van der Waals surface area contributed by atoms with Crippen molar-refractivity contribution in [1.82, 2.24) is 5.32 Å². The Morgan fingerprint density at radius 3 is 2.58 bits per heavy atom. The lowest BCUT2D eigenvalue weighted by molar-refractivity contribution is 0.255. The van der Waals surface area contributed by atoms with Crippen LogP contribution in [-0.4, -0.2) is 6.03 Å². The first-order chi connectivity index (χ1) is 9.24. The molecule has 0 bridgehead atoms. The molecule has 2 aromatic carbocycles. The first-order valence-corrected chi connectivity index (χ1v) is 6.10. The van der Waals surface area contributed by atoms with Gasteiger partial charge < -0.3 is 10.6 Å². The highest BCUT2D eigenvalue weighted by atomic mass is 16.2. The van der Waals surface area contributed by atoms with E-state index >= 15 is 0 Å². The number of hydrogen-bond acceptors (Lipinski definition) is 1. The van der Waals surface area contributed by atoms with E-state index in [2.05, 4.69) is 10.6 Å². The number of amides is 2. The summed E-state index contributed by atoms with van der Waals surface area (Å²) in [6, 6.07) is 17.1. The lowest BCUT2D eigenvalue weighted by Crippen LogP contribution is -2.23. The van der Waals surface area contributed by atoms with Gasteiger partial charge in [-0.25, -0.2) is 4.79 Å². The molecule has 2 rings (SSSR count). The summed E-state index contributed by atoms with van der Waals surface area (Å²) in [6.45, 7) is 2.03. The molecule has 2 aromatic rings. The van der Waals surface area contributed by atoms with Crippen LogP contribution in [0, 0.1) is 6.92 Å². The predicted molar refractivity (Wildman–Crippen MR) is 78.8 cm³/mol. The third kappa shape index (κ3) is 4.32. The molecule has 0 aromatic heterocycles. The van der Waals surface area contributed by atoms with Crippen LogP contribution in [0.1, 0.15) is 11.1 Å². The molecule has 0 radical (unpaired) electrons. The molecule has 0 aliphatic heterocycles. The number of hydrogen-bond donors (Lipinski definition) is 2. The molecule has 0 saturated heterocycles. The standard InChI is InChI=1S/C16H16N2O/c1-13-6-5-7-14(12-13)10-11-17-16(19)18-15-8-3-2-4-9-15/h2-12H,1H3,(H2,17,18,19)/b11-10+. The number of carbonyl (C=O) groups is 1. The molecular formula is C16H16N2O. The molecule has 2 N–H and O–H groups in total. The highest BCUT2D eigenvalue weighted by molar-refractivity contribution is 5.90. The van der Waals surface area contributed by atoms with Crippen molar-refractivity contribution in [3.63, 3.8) is 0 Å². The number of anilines is 1. The van der Waals surface area contributed by atoms with E-state index in [0.717, 1.165) is 11.3 Å². The molecule has 0 aliphatic rings. The molecule has 0 atom stereocenters.